The number of cyclic esters (lactones) is 1. The zero-order chi connectivity index (χ0) is 13.9. The summed E-state index contributed by atoms with van der Waals surface area (Å²) >= 11 is 0. The van der Waals surface area contributed by atoms with Crippen LogP contribution in [0.1, 0.15) is 33.3 Å². The highest BCUT2D eigenvalue weighted by atomic mass is 19.1. The van der Waals surface area contributed by atoms with Crippen LogP contribution in [0.2, 0.25) is 0 Å². The number of halogens is 1. The van der Waals surface area contributed by atoms with Gasteiger partial charge in [0.05, 0.1) is 5.69 Å². The fourth-order valence-electron chi connectivity index (χ4n) is 1.50. The Morgan fingerprint density at radius 1 is 1.33 bits per heavy atom. The van der Waals surface area contributed by atoms with Crippen molar-refractivity contribution >= 4 is 11.8 Å². The Hall–Kier alpha value is -1.78. The number of aryl methyl sites for hydroxylation is 1. The van der Waals surface area contributed by atoms with E-state index >= 15 is 0 Å². The number of rotatable bonds is 2. The summed E-state index contributed by atoms with van der Waals surface area (Å²) in [6.07, 6.45) is -0.509. The molecule has 1 aliphatic rings. The summed E-state index contributed by atoms with van der Waals surface area (Å²) in [4.78, 5) is 11.1. The lowest BCUT2D eigenvalue weighted by Crippen LogP contribution is -2.64. The van der Waals surface area contributed by atoms with Gasteiger partial charge in [0, 0.05) is 0 Å². The number of hydrogen-bond acceptors (Lipinski definition) is 3. The maximum atomic E-state index is 13.5. The normalized spacial score (nSPS) is 16.1. The second-order valence-electron chi connectivity index (χ2n) is 4.25. The van der Waals surface area contributed by atoms with Crippen LogP contribution < -0.4 is 5.43 Å². The third kappa shape index (κ3) is 2.72. The van der Waals surface area contributed by atoms with Crippen LogP contribution in [0.3, 0.4) is 0 Å². The van der Waals surface area contributed by atoms with Gasteiger partial charge in [-0.15, -0.1) is 0 Å². The van der Waals surface area contributed by atoms with Crippen LogP contribution in [0, 0.1) is 12.7 Å². The Morgan fingerprint density at radius 3 is 2.39 bits per heavy atom. The molecule has 0 spiro atoms. The molecule has 1 N–H and O–H groups in total. The highest BCUT2D eigenvalue weighted by Gasteiger charge is 2.46. The molecule has 0 aromatic heterocycles. The predicted octanol–water partition coefficient (Wildman–Crippen LogP) is 3.68. The molecule has 0 saturated carbocycles. The van der Waals surface area contributed by atoms with Gasteiger partial charge in [-0.2, -0.15) is 5.01 Å². The molecule has 1 aromatic carbocycles. The number of ether oxygens (including phenoxy) is 1. The van der Waals surface area contributed by atoms with Crippen LogP contribution in [0.5, 0.6) is 0 Å². The molecule has 1 aliphatic heterocycles. The summed E-state index contributed by atoms with van der Waals surface area (Å²) in [5.74, 6) is -0.393. The maximum absolute atomic E-state index is 13.5. The van der Waals surface area contributed by atoms with Crippen molar-refractivity contribution in [3.8, 4) is 0 Å². The van der Waals surface area contributed by atoms with E-state index in [0.29, 0.717) is 0 Å². The molecular weight excluding hydrogens is 235 g/mol. The molecule has 18 heavy (non-hydrogen) atoms. The van der Waals surface area contributed by atoms with Crippen molar-refractivity contribution in [2.45, 2.75) is 40.3 Å². The number of nitrogens with one attached hydrogen (secondary N) is 1. The fraction of sp³-hybridized carbons (Fsp3) is 0.462. The highest BCUT2D eigenvalue weighted by molar-refractivity contribution is 5.76. The molecule has 5 heteroatoms. The Morgan fingerprint density at radius 2 is 1.94 bits per heavy atom. The van der Waals surface area contributed by atoms with Crippen LogP contribution >= 0.6 is 0 Å². The number of carbonyl (C=O) groups is 1. The number of nitrogens with zero attached hydrogens (tertiary/aromatic N) is 1. The third-order valence-electron chi connectivity index (χ3n) is 2.41. The standard InChI is InChI=1S/C11H13FN2O2.C2H6/c1-7-4-5-9(8(12)6-7)13-14-10(15)16-11(14,2)3;1-2/h4-6,13H,1-3H3;1-2H3. The van der Waals surface area contributed by atoms with E-state index in [2.05, 4.69) is 5.43 Å². The predicted molar refractivity (Wildman–Crippen MR) is 68.5 cm³/mol. The first-order valence-electron chi connectivity index (χ1n) is 5.96. The summed E-state index contributed by atoms with van der Waals surface area (Å²) in [5.41, 5.74) is 3.04. The summed E-state index contributed by atoms with van der Waals surface area (Å²) in [5, 5.41) is 1.25. The highest BCUT2D eigenvalue weighted by Crippen LogP contribution is 2.29. The summed E-state index contributed by atoms with van der Waals surface area (Å²) in [6, 6.07) is 4.76. The monoisotopic (exact) mass is 254 g/mol. The minimum Gasteiger partial charge on any atom is -0.420 e. The van der Waals surface area contributed by atoms with Gasteiger partial charge in [-0.25, -0.2) is 9.18 Å². The second kappa shape index (κ2) is 5.25. The van der Waals surface area contributed by atoms with Gasteiger partial charge in [0.1, 0.15) is 5.82 Å². The van der Waals surface area contributed by atoms with Crippen molar-refractivity contribution in [3.05, 3.63) is 29.6 Å². The minimum absolute atomic E-state index is 0.260. The molecule has 0 atom stereocenters. The first-order chi connectivity index (χ1) is 8.40. The topological polar surface area (TPSA) is 41.6 Å². The molecule has 1 heterocycles. The van der Waals surface area contributed by atoms with Gasteiger partial charge in [-0.3, -0.25) is 5.43 Å². The molecule has 1 fully saturated rings. The van der Waals surface area contributed by atoms with Crippen LogP contribution in [0.15, 0.2) is 18.2 Å². The Balaban J connectivity index is 0.000000771. The van der Waals surface area contributed by atoms with Gasteiger partial charge < -0.3 is 4.74 Å². The van der Waals surface area contributed by atoms with Gasteiger partial charge in [0.15, 0.2) is 0 Å². The molecule has 0 aliphatic carbocycles. The van der Waals surface area contributed by atoms with Crippen LogP contribution in [-0.2, 0) is 4.74 Å². The molecule has 0 bridgehead atoms. The first kappa shape index (κ1) is 14.3. The smallest absolute Gasteiger partial charge is 0.420 e. The van der Waals surface area contributed by atoms with E-state index in [1.165, 1.54) is 11.1 Å². The van der Waals surface area contributed by atoms with Gasteiger partial charge in [-0.1, -0.05) is 19.9 Å². The number of hydrazine groups is 1. The van der Waals surface area contributed by atoms with Crippen LogP contribution in [0.25, 0.3) is 0 Å². The average molecular weight is 254 g/mol. The molecule has 1 saturated heterocycles. The first-order valence-corrected chi connectivity index (χ1v) is 5.96. The SMILES string of the molecule is CC.Cc1ccc(NN2C(=O)OC2(C)C)c(F)c1. The Bertz CT molecular complexity index is 447. The molecule has 100 valence electrons. The number of benzene rings is 1. The van der Waals surface area contributed by atoms with Crippen LogP contribution in [0.4, 0.5) is 14.9 Å². The molecular formula is C13H19FN2O2. The average Bonchev–Trinajstić information content (AvgIpc) is 2.29. The van der Waals surface area contributed by atoms with Crippen molar-refractivity contribution in [1.82, 2.24) is 5.01 Å². The van der Waals surface area contributed by atoms with Crippen molar-refractivity contribution in [2.75, 3.05) is 5.43 Å². The summed E-state index contributed by atoms with van der Waals surface area (Å²) in [7, 11) is 0. The quantitative estimate of drug-likeness (QED) is 0.875. The van der Waals surface area contributed by atoms with Gasteiger partial charge in [0.25, 0.3) is 0 Å². The number of hydrogen-bond donors (Lipinski definition) is 1. The molecule has 0 unspecified atom stereocenters. The van der Waals surface area contributed by atoms with Crippen molar-refractivity contribution in [1.29, 1.82) is 0 Å². The molecule has 4 nitrogen and oxygen atoms in total. The largest absolute Gasteiger partial charge is 0.434 e. The van der Waals surface area contributed by atoms with E-state index in [9.17, 15) is 9.18 Å². The fourth-order valence-corrected chi connectivity index (χ4v) is 1.50. The van der Waals surface area contributed by atoms with Gasteiger partial charge in [0.2, 0.25) is 5.72 Å². The van der Waals surface area contributed by atoms with Gasteiger partial charge >= 0.3 is 6.09 Å². The van der Waals surface area contributed by atoms with Crippen LogP contribution in [-0.4, -0.2) is 16.8 Å². The number of amides is 1. The lowest BCUT2D eigenvalue weighted by atomic mass is 10.2. The zero-order valence-electron chi connectivity index (χ0n) is 11.4. The number of anilines is 1. The third-order valence-corrected chi connectivity index (χ3v) is 2.41. The lowest BCUT2D eigenvalue weighted by Gasteiger charge is -2.46. The minimum atomic E-state index is -0.742. The number of carbonyl (C=O) groups excluding carboxylic acids is 1. The van der Waals surface area contributed by atoms with Crippen molar-refractivity contribution < 1.29 is 13.9 Å². The molecule has 0 radical (unpaired) electrons. The van der Waals surface area contributed by atoms with E-state index in [1.807, 2.05) is 13.8 Å². The molecule has 1 amide bonds. The molecule has 2 rings (SSSR count). The second-order valence-corrected chi connectivity index (χ2v) is 4.25. The van der Waals surface area contributed by atoms with Crippen molar-refractivity contribution in [3.63, 3.8) is 0 Å². The molecule has 1 aromatic rings. The summed E-state index contributed by atoms with van der Waals surface area (Å²) in [6.45, 7) is 9.23. The Labute approximate surface area is 107 Å². The van der Waals surface area contributed by atoms with E-state index < -0.39 is 17.6 Å². The lowest BCUT2D eigenvalue weighted by molar-refractivity contribution is -0.150. The maximum Gasteiger partial charge on any atom is 0.434 e. The zero-order valence-corrected chi connectivity index (χ0v) is 11.4. The van der Waals surface area contributed by atoms with E-state index in [1.54, 1.807) is 32.9 Å². The van der Waals surface area contributed by atoms with Gasteiger partial charge in [-0.05, 0) is 38.5 Å². The summed E-state index contributed by atoms with van der Waals surface area (Å²) < 4.78 is 18.4. The van der Waals surface area contributed by atoms with Crippen molar-refractivity contribution in [2.24, 2.45) is 0 Å². The van der Waals surface area contributed by atoms with E-state index in [0.717, 1.165) is 5.56 Å². The van der Waals surface area contributed by atoms with E-state index in [4.69, 9.17) is 4.74 Å². The van der Waals surface area contributed by atoms with E-state index in [-0.39, 0.29) is 5.69 Å². The Kier molecular flexibility index (Phi) is 4.16.